The molecule has 0 radical (unpaired) electrons. The Morgan fingerprint density at radius 1 is 1.07 bits per heavy atom. The molecule has 2 aliphatic rings. The molecular weight excluding hydrogens is 428 g/mol. The second-order valence-electron chi connectivity index (χ2n) is 9.24. The molecule has 4 rings (SSSR count). The highest BCUT2D eigenvalue weighted by Gasteiger charge is 2.48. The number of carbonyl (C=O) groups is 1. The van der Waals surface area contributed by atoms with E-state index in [0.29, 0.717) is 6.54 Å². The predicted octanol–water partition coefficient (Wildman–Crippen LogP) is 5.74. The van der Waals surface area contributed by atoms with Gasteiger partial charge >= 0.3 is 6.09 Å². The van der Waals surface area contributed by atoms with Crippen molar-refractivity contribution < 1.29 is 9.53 Å². The number of likely N-dealkylation sites (tertiary alicyclic amines) is 1. The number of hydrogen-bond acceptors (Lipinski definition) is 3. The van der Waals surface area contributed by atoms with E-state index in [0.717, 1.165) is 42.6 Å². The van der Waals surface area contributed by atoms with Gasteiger partial charge in [-0.2, -0.15) is 0 Å². The van der Waals surface area contributed by atoms with Gasteiger partial charge in [-0.3, -0.25) is 9.80 Å². The molecule has 29 heavy (non-hydrogen) atoms. The minimum Gasteiger partial charge on any atom is -0.443 e. The Balaban J connectivity index is 1.55. The number of benzene rings is 2. The van der Waals surface area contributed by atoms with Crippen molar-refractivity contribution in [3.05, 3.63) is 64.1 Å². The first-order chi connectivity index (χ1) is 13.8. The fraction of sp³-hybridized carbons (Fsp3) is 0.458. The van der Waals surface area contributed by atoms with Crippen molar-refractivity contribution >= 4 is 27.7 Å². The van der Waals surface area contributed by atoms with Crippen LogP contribution in [-0.4, -0.2) is 36.2 Å². The van der Waals surface area contributed by atoms with E-state index in [1.807, 2.05) is 31.7 Å². The third-order valence-corrected chi connectivity index (χ3v) is 6.61. The van der Waals surface area contributed by atoms with Crippen molar-refractivity contribution in [2.24, 2.45) is 0 Å². The first-order valence-electron chi connectivity index (χ1n) is 10.3. The molecule has 0 N–H and O–H groups in total. The molecule has 0 aromatic heterocycles. The maximum Gasteiger partial charge on any atom is 0.414 e. The van der Waals surface area contributed by atoms with E-state index in [-0.39, 0.29) is 11.5 Å². The van der Waals surface area contributed by atoms with E-state index in [1.54, 1.807) is 0 Å². The molecule has 0 saturated carbocycles. The van der Waals surface area contributed by atoms with E-state index < -0.39 is 5.60 Å². The van der Waals surface area contributed by atoms with Crippen LogP contribution in [0.25, 0.3) is 0 Å². The van der Waals surface area contributed by atoms with Gasteiger partial charge in [-0.1, -0.05) is 52.3 Å². The van der Waals surface area contributed by atoms with Gasteiger partial charge in [0.05, 0.1) is 5.69 Å². The minimum absolute atomic E-state index is 0.0144. The molecule has 154 valence electrons. The summed E-state index contributed by atoms with van der Waals surface area (Å²) in [6.07, 6.45) is 1.82. The molecule has 0 atom stereocenters. The molecule has 4 nitrogen and oxygen atoms in total. The highest BCUT2D eigenvalue weighted by atomic mass is 79.9. The standard InChI is InChI=1S/C24H29BrN2O2/c1-23(2,3)29-22(28)27-17-24(21-19(25)10-7-11-20(21)27)12-14-26(15-13-24)16-18-8-5-4-6-9-18/h4-11H,12-17H2,1-3H3. The first kappa shape index (κ1) is 20.4. The lowest BCUT2D eigenvalue weighted by atomic mass is 9.74. The highest BCUT2D eigenvalue weighted by molar-refractivity contribution is 9.10. The van der Waals surface area contributed by atoms with Crippen LogP contribution in [0.4, 0.5) is 10.5 Å². The van der Waals surface area contributed by atoms with Crippen molar-refractivity contribution in [1.29, 1.82) is 0 Å². The Morgan fingerprint density at radius 3 is 2.41 bits per heavy atom. The van der Waals surface area contributed by atoms with Crippen LogP contribution in [-0.2, 0) is 16.7 Å². The monoisotopic (exact) mass is 456 g/mol. The number of anilines is 1. The molecule has 1 fully saturated rings. The third kappa shape index (κ3) is 4.22. The number of carbonyl (C=O) groups excluding carboxylic acids is 1. The number of nitrogens with zero attached hydrogens (tertiary/aromatic N) is 2. The molecule has 2 heterocycles. The third-order valence-electron chi connectivity index (χ3n) is 5.95. The summed E-state index contributed by atoms with van der Waals surface area (Å²) < 4.78 is 6.81. The van der Waals surface area contributed by atoms with Gasteiger partial charge in [0.25, 0.3) is 0 Å². The number of halogens is 1. The average Bonchev–Trinajstić information content (AvgIpc) is 2.99. The quantitative estimate of drug-likeness (QED) is 0.577. The summed E-state index contributed by atoms with van der Waals surface area (Å²) in [7, 11) is 0. The second kappa shape index (κ2) is 7.77. The van der Waals surface area contributed by atoms with E-state index in [9.17, 15) is 4.79 Å². The van der Waals surface area contributed by atoms with Crippen LogP contribution in [0, 0.1) is 0 Å². The molecule has 5 heteroatoms. The normalized spacial score (nSPS) is 18.7. The summed E-state index contributed by atoms with van der Waals surface area (Å²) in [5.74, 6) is 0. The second-order valence-corrected chi connectivity index (χ2v) is 10.1. The van der Waals surface area contributed by atoms with Crippen molar-refractivity contribution in [2.45, 2.75) is 51.2 Å². The molecule has 2 aliphatic heterocycles. The topological polar surface area (TPSA) is 32.8 Å². The van der Waals surface area contributed by atoms with Crippen molar-refractivity contribution in [1.82, 2.24) is 4.90 Å². The predicted molar refractivity (Wildman–Crippen MR) is 120 cm³/mol. The van der Waals surface area contributed by atoms with Crippen LogP contribution in [0.1, 0.15) is 44.7 Å². The minimum atomic E-state index is -0.502. The van der Waals surface area contributed by atoms with E-state index in [4.69, 9.17) is 4.74 Å². The van der Waals surface area contributed by atoms with Crippen LogP contribution in [0.5, 0.6) is 0 Å². The van der Waals surface area contributed by atoms with Gasteiger partial charge in [-0.05, 0) is 70.0 Å². The van der Waals surface area contributed by atoms with Gasteiger partial charge in [0, 0.05) is 23.0 Å². The molecule has 2 aromatic carbocycles. The smallest absolute Gasteiger partial charge is 0.414 e. The highest BCUT2D eigenvalue weighted by Crippen LogP contribution is 2.50. The maximum absolute atomic E-state index is 12.9. The SMILES string of the molecule is CC(C)(C)OC(=O)N1CC2(CCN(Cc3ccccc3)CC2)c2c(Br)cccc21. The van der Waals surface area contributed by atoms with Crippen LogP contribution in [0.15, 0.2) is 53.0 Å². The van der Waals surface area contributed by atoms with Gasteiger partial charge < -0.3 is 4.74 Å². The van der Waals surface area contributed by atoms with Gasteiger partial charge in [0.15, 0.2) is 0 Å². The lowest BCUT2D eigenvalue weighted by Crippen LogP contribution is -2.46. The Bertz CT molecular complexity index is 883. The number of rotatable bonds is 2. The zero-order valence-corrected chi connectivity index (χ0v) is 19.0. The summed E-state index contributed by atoms with van der Waals surface area (Å²) in [4.78, 5) is 17.3. The molecule has 1 saturated heterocycles. The first-order valence-corrected chi connectivity index (χ1v) is 11.1. The van der Waals surface area contributed by atoms with Crippen LogP contribution >= 0.6 is 15.9 Å². The molecule has 1 spiro atoms. The molecular formula is C24H29BrN2O2. The van der Waals surface area contributed by atoms with Crippen LogP contribution < -0.4 is 4.90 Å². The van der Waals surface area contributed by atoms with Crippen molar-refractivity contribution in [3.63, 3.8) is 0 Å². The fourth-order valence-corrected chi connectivity index (χ4v) is 5.37. The Hall–Kier alpha value is -1.85. The number of fused-ring (bicyclic) bond motifs is 2. The molecule has 0 aliphatic carbocycles. The van der Waals surface area contributed by atoms with Gasteiger partial charge in [-0.25, -0.2) is 4.79 Å². The lowest BCUT2D eigenvalue weighted by Gasteiger charge is -2.40. The van der Waals surface area contributed by atoms with E-state index >= 15 is 0 Å². The van der Waals surface area contributed by atoms with Crippen LogP contribution in [0.3, 0.4) is 0 Å². The number of ether oxygens (including phenoxy) is 1. The van der Waals surface area contributed by atoms with Gasteiger partial charge in [-0.15, -0.1) is 0 Å². The molecule has 2 aromatic rings. The van der Waals surface area contributed by atoms with Crippen molar-refractivity contribution in [3.8, 4) is 0 Å². The summed E-state index contributed by atoms with van der Waals surface area (Å²) in [5, 5.41) is 0. The Kier molecular flexibility index (Phi) is 5.47. The van der Waals surface area contributed by atoms with Crippen molar-refractivity contribution in [2.75, 3.05) is 24.5 Å². The zero-order valence-electron chi connectivity index (χ0n) is 17.5. The number of amides is 1. The molecule has 1 amide bonds. The summed E-state index contributed by atoms with van der Waals surface area (Å²) in [5.41, 5.74) is 3.10. The maximum atomic E-state index is 12.9. The van der Waals surface area contributed by atoms with E-state index in [2.05, 4.69) is 63.3 Å². The molecule has 0 unspecified atom stereocenters. The average molecular weight is 457 g/mol. The summed E-state index contributed by atoms with van der Waals surface area (Å²) in [6, 6.07) is 16.8. The van der Waals surface area contributed by atoms with Crippen LogP contribution in [0.2, 0.25) is 0 Å². The summed E-state index contributed by atoms with van der Waals surface area (Å²) in [6.45, 7) is 9.48. The van der Waals surface area contributed by atoms with Gasteiger partial charge in [0.2, 0.25) is 0 Å². The Morgan fingerprint density at radius 2 is 1.76 bits per heavy atom. The summed E-state index contributed by atoms with van der Waals surface area (Å²) >= 11 is 3.77. The Labute approximate surface area is 182 Å². The molecule has 0 bridgehead atoms. The zero-order chi connectivity index (χ0) is 20.6. The largest absolute Gasteiger partial charge is 0.443 e. The number of hydrogen-bond donors (Lipinski definition) is 0. The lowest BCUT2D eigenvalue weighted by molar-refractivity contribution is 0.0570. The number of piperidine rings is 1. The van der Waals surface area contributed by atoms with E-state index in [1.165, 1.54) is 11.1 Å². The van der Waals surface area contributed by atoms with Gasteiger partial charge in [0.1, 0.15) is 5.60 Å². The fourth-order valence-electron chi connectivity index (χ4n) is 4.60.